The average molecular weight is 452 g/mol. The van der Waals surface area contributed by atoms with Gasteiger partial charge in [-0.2, -0.15) is 0 Å². The van der Waals surface area contributed by atoms with Gasteiger partial charge >= 0.3 is 0 Å². The van der Waals surface area contributed by atoms with Crippen LogP contribution in [0.3, 0.4) is 0 Å². The predicted octanol–water partition coefficient (Wildman–Crippen LogP) is 5.34. The lowest BCUT2D eigenvalue weighted by Gasteiger charge is -2.20. The Morgan fingerprint density at radius 3 is 2.47 bits per heavy atom. The van der Waals surface area contributed by atoms with Crippen molar-refractivity contribution >= 4 is 34.7 Å². The highest BCUT2D eigenvalue weighted by Crippen LogP contribution is 2.26. The molecule has 4 rings (SSSR count). The van der Waals surface area contributed by atoms with Crippen LogP contribution >= 0.6 is 11.6 Å². The lowest BCUT2D eigenvalue weighted by atomic mass is 10.1. The molecular formula is C23H22ClN5O3. The molecule has 2 heterocycles. The molecule has 164 valence electrons. The van der Waals surface area contributed by atoms with Gasteiger partial charge in [-0.25, -0.2) is 0 Å². The number of amides is 1. The molecule has 1 fully saturated rings. The first-order chi connectivity index (χ1) is 15.5. The Kier molecular flexibility index (Phi) is 6.61. The second-order valence-corrected chi connectivity index (χ2v) is 8.04. The van der Waals surface area contributed by atoms with E-state index >= 15 is 0 Å². The van der Waals surface area contributed by atoms with Crippen LogP contribution in [0.15, 0.2) is 54.6 Å². The number of carbonyl (C=O) groups is 1. The summed E-state index contributed by atoms with van der Waals surface area (Å²) >= 11 is 5.82. The first-order valence-electron chi connectivity index (χ1n) is 10.5. The third-order valence-electron chi connectivity index (χ3n) is 5.40. The summed E-state index contributed by atoms with van der Waals surface area (Å²) in [6.45, 7) is 2.00. The monoisotopic (exact) mass is 451 g/mol. The van der Waals surface area contributed by atoms with Crippen molar-refractivity contribution in [3.05, 3.63) is 75.3 Å². The number of nitrogens with one attached hydrogen (secondary N) is 1. The molecule has 1 N–H and O–H groups in total. The molecule has 0 radical (unpaired) electrons. The van der Waals surface area contributed by atoms with Crippen molar-refractivity contribution < 1.29 is 9.72 Å². The summed E-state index contributed by atoms with van der Waals surface area (Å²) in [7, 11) is 0. The van der Waals surface area contributed by atoms with Crippen LogP contribution in [0.4, 0.5) is 17.2 Å². The van der Waals surface area contributed by atoms with Gasteiger partial charge in [-0.15, -0.1) is 10.2 Å². The average Bonchev–Trinajstić information content (AvgIpc) is 3.09. The summed E-state index contributed by atoms with van der Waals surface area (Å²) in [6.07, 6.45) is 4.84. The number of nitrogens with zero attached hydrogens (tertiary/aromatic N) is 4. The fourth-order valence-electron chi connectivity index (χ4n) is 3.70. The Hall–Kier alpha value is -3.52. The minimum absolute atomic E-state index is 0.0178. The second-order valence-electron chi connectivity index (χ2n) is 7.64. The molecule has 0 spiro atoms. The van der Waals surface area contributed by atoms with E-state index < -0.39 is 10.8 Å². The van der Waals surface area contributed by atoms with Crippen molar-refractivity contribution in [2.24, 2.45) is 0 Å². The zero-order valence-electron chi connectivity index (χ0n) is 17.3. The minimum atomic E-state index is -0.617. The molecule has 1 aromatic heterocycles. The SMILES string of the molecule is O=C(Nc1cccc(-c2ccc(N3CCCCCC3)nn2)c1)c1ccc(Cl)c([N+](=O)[O-])c1. The molecule has 9 heteroatoms. The Balaban J connectivity index is 1.49. The Morgan fingerprint density at radius 1 is 1.00 bits per heavy atom. The summed E-state index contributed by atoms with van der Waals surface area (Å²) in [5.41, 5.74) is 1.88. The summed E-state index contributed by atoms with van der Waals surface area (Å²) in [6, 6.07) is 15.1. The molecular weight excluding hydrogens is 430 g/mol. The number of aromatic nitrogens is 2. The molecule has 0 atom stereocenters. The van der Waals surface area contributed by atoms with Gasteiger partial charge in [0, 0.05) is 36.0 Å². The van der Waals surface area contributed by atoms with Gasteiger partial charge in [-0.3, -0.25) is 14.9 Å². The van der Waals surface area contributed by atoms with Crippen LogP contribution in [0.1, 0.15) is 36.0 Å². The van der Waals surface area contributed by atoms with Crippen LogP contribution in [-0.2, 0) is 0 Å². The van der Waals surface area contributed by atoms with E-state index in [0.29, 0.717) is 11.4 Å². The molecule has 3 aromatic rings. The molecule has 1 saturated heterocycles. The summed E-state index contributed by atoms with van der Waals surface area (Å²) in [5.74, 6) is 0.411. The highest BCUT2D eigenvalue weighted by Gasteiger charge is 2.17. The number of anilines is 2. The van der Waals surface area contributed by atoms with Crippen LogP contribution in [0.25, 0.3) is 11.3 Å². The van der Waals surface area contributed by atoms with E-state index in [1.54, 1.807) is 18.2 Å². The van der Waals surface area contributed by atoms with Crippen LogP contribution in [0, 0.1) is 10.1 Å². The van der Waals surface area contributed by atoms with Crippen molar-refractivity contribution in [3.63, 3.8) is 0 Å². The third-order valence-corrected chi connectivity index (χ3v) is 5.72. The molecule has 8 nitrogen and oxygen atoms in total. The highest BCUT2D eigenvalue weighted by molar-refractivity contribution is 6.32. The number of nitro groups is 1. The molecule has 1 aliphatic rings. The Morgan fingerprint density at radius 2 is 1.78 bits per heavy atom. The fraction of sp³-hybridized carbons (Fsp3) is 0.261. The van der Waals surface area contributed by atoms with E-state index in [-0.39, 0.29) is 16.3 Å². The van der Waals surface area contributed by atoms with Gasteiger partial charge in [-0.05, 0) is 49.2 Å². The van der Waals surface area contributed by atoms with E-state index in [4.69, 9.17) is 11.6 Å². The summed E-state index contributed by atoms with van der Waals surface area (Å²) < 4.78 is 0. The molecule has 0 bridgehead atoms. The number of benzene rings is 2. The predicted molar refractivity (Wildman–Crippen MR) is 124 cm³/mol. The van der Waals surface area contributed by atoms with Crippen molar-refractivity contribution in [1.29, 1.82) is 0 Å². The summed E-state index contributed by atoms with van der Waals surface area (Å²) in [5, 5.41) is 22.6. The maximum absolute atomic E-state index is 12.6. The largest absolute Gasteiger partial charge is 0.355 e. The fourth-order valence-corrected chi connectivity index (χ4v) is 3.89. The van der Waals surface area contributed by atoms with E-state index in [1.165, 1.54) is 37.8 Å². The molecule has 2 aromatic carbocycles. The van der Waals surface area contributed by atoms with Crippen LogP contribution < -0.4 is 10.2 Å². The van der Waals surface area contributed by atoms with Crippen molar-refractivity contribution in [2.75, 3.05) is 23.3 Å². The van der Waals surface area contributed by atoms with E-state index in [9.17, 15) is 14.9 Å². The number of carbonyl (C=O) groups excluding carboxylic acids is 1. The van der Waals surface area contributed by atoms with Crippen molar-refractivity contribution in [2.45, 2.75) is 25.7 Å². The maximum atomic E-state index is 12.6. The number of nitro benzene ring substituents is 1. The van der Waals surface area contributed by atoms with Gasteiger partial charge in [0.05, 0.1) is 10.6 Å². The van der Waals surface area contributed by atoms with Gasteiger partial charge in [0.25, 0.3) is 11.6 Å². The maximum Gasteiger partial charge on any atom is 0.288 e. The molecule has 0 unspecified atom stereocenters. The van der Waals surface area contributed by atoms with Gasteiger partial charge in [0.2, 0.25) is 0 Å². The van der Waals surface area contributed by atoms with Gasteiger partial charge in [0.15, 0.2) is 5.82 Å². The number of halogens is 1. The van der Waals surface area contributed by atoms with Crippen LogP contribution in [-0.4, -0.2) is 34.1 Å². The Bertz CT molecular complexity index is 1130. The molecule has 1 aliphatic heterocycles. The Labute approximate surface area is 190 Å². The standard InChI is InChI=1S/C23H22ClN5O3/c24-19-9-8-17(15-21(19)29(31)32)23(30)25-18-7-5-6-16(14-18)20-10-11-22(27-26-20)28-12-3-1-2-4-13-28/h5-11,14-15H,1-4,12-13H2,(H,25,30). The lowest BCUT2D eigenvalue weighted by Crippen LogP contribution is -2.25. The molecule has 0 aliphatic carbocycles. The van der Waals surface area contributed by atoms with Crippen LogP contribution in [0.2, 0.25) is 5.02 Å². The first-order valence-corrected chi connectivity index (χ1v) is 10.8. The van der Waals surface area contributed by atoms with Crippen LogP contribution in [0.5, 0.6) is 0 Å². The van der Waals surface area contributed by atoms with Gasteiger partial charge in [-0.1, -0.05) is 36.6 Å². The number of rotatable bonds is 5. The number of hydrogen-bond acceptors (Lipinski definition) is 6. The topological polar surface area (TPSA) is 101 Å². The molecule has 32 heavy (non-hydrogen) atoms. The zero-order valence-corrected chi connectivity index (χ0v) is 18.1. The highest BCUT2D eigenvalue weighted by atomic mass is 35.5. The second kappa shape index (κ2) is 9.74. The normalized spacial score (nSPS) is 14.0. The minimum Gasteiger partial charge on any atom is -0.355 e. The van der Waals surface area contributed by atoms with Gasteiger partial charge < -0.3 is 10.2 Å². The molecule has 0 saturated carbocycles. The van der Waals surface area contributed by atoms with E-state index in [2.05, 4.69) is 20.4 Å². The third kappa shape index (κ3) is 5.03. The van der Waals surface area contributed by atoms with E-state index in [0.717, 1.165) is 30.5 Å². The van der Waals surface area contributed by atoms with Gasteiger partial charge in [0.1, 0.15) is 5.02 Å². The van der Waals surface area contributed by atoms with Crippen molar-refractivity contribution in [1.82, 2.24) is 10.2 Å². The quantitative estimate of drug-likeness (QED) is 0.415. The first kappa shape index (κ1) is 21.7. The summed E-state index contributed by atoms with van der Waals surface area (Å²) in [4.78, 5) is 25.3. The lowest BCUT2D eigenvalue weighted by molar-refractivity contribution is -0.384. The van der Waals surface area contributed by atoms with E-state index in [1.807, 2.05) is 18.2 Å². The number of hydrogen-bond donors (Lipinski definition) is 1. The zero-order chi connectivity index (χ0) is 22.5. The molecule has 1 amide bonds. The van der Waals surface area contributed by atoms with Crippen molar-refractivity contribution in [3.8, 4) is 11.3 Å². The smallest absolute Gasteiger partial charge is 0.288 e.